The van der Waals surface area contributed by atoms with Crippen molar-refractivity contribution in [1.82, 2.24) is 9.97 Å². The van der Waals surface area contributed by atoms with Crippen molar-refractivity contribution in [2.45, 2.75) is 6.42 Å². The maximum Gasteiger partial charge on any atom is 0.232 e. The maximum atomic E-state index is 12.0. The van der Waals surface area contributed by atoms with Gasteiger partial charge in [-0.05, 0) is 39.7 Å². The van der Waals surface area contributed by atoms with Crippen LogP contribution in [0.4, 0.5) is 5.82 Å². The van der Waals surface area contributed by atoms with Crippen molar-refractivity contribution in [1.29, 1.82) is 0 Å². The Morgan fingerprint density at radius 2 is 2.17 bits per heavy atom. The molecule has 5 heteroatoms. The SMILES string of the molecule is CN(C(=O)Cc1cccnc1)c1ccc(Br)cn1. The van der Waals surface area contributed by atoms with E-state index in [9.17, 15) is 4.79 Å². The van der Waals surface area contributed by atoms with Gasteiger partial charge in [-0.3, -0.25) is 14.7 Å². The van der Waals surface area contributed by atoms with Crippen molar-refractivity contribution in [2.24, 2.45) is 0 Å². The third kappa shape index (κ3) is 3.13. The largest absolute Gasteiger partial charge is 0.300 e. The van der Waals surface area contributed by atoms with Gasteiger partial charge < -0.3 is 0 Å². The van der Waals surface area contributed by atoms with E-state index in [0.29, 0.717) is 12.2 Å². The van der Waals surface area contributed by atoms with Crippen molar-refractivity contribution in [3.8, 4) is 0 Å². The van der Waals surface area contributed by atoms with E-state index in [-0.39, 0.29) is 5.91 Å². The van der Waals surface area contributed by atoms with E-state index < -0.39 is 0 Å². The summed E-state index contributed by atoms with van der Waals surface area (Å²) in [7, 11) is 1.72. The number of carbonyl (C=O) groups is 1. The lowest BCUT2D eigenvalue weighted by molar-refractivity contribution is -0.117. The number of aromatic nitrogens is 2. The third-order valence-corrected chi connectivity index (χ3v) is 2.98. The minimum absolute atomic E-state index is 0.0159. The fourth-order valence-corrected chi connectivity index (χ4v) is 1.72. The minimum atomic E-state index is -0.0159. The summed E-state index contributed by atoms with van der Waals surface area (Å²) in [5.74, 6) is 0.616. The lowest BCUT2D eigenvalue weighted by Gasteiger charge is -2.16. The normalized spacial score (nSPS) is 10.1. The number of rotatable bonds is 3. The van der Waals surface area contributed by atoms with Crippen LogP contribution in [-0.2, 0) is 11.2 Å². The summed E-state index contributed by atoms with van der Waals surface area (Å²) in [6.07, 6.45) is 5.37. The van der Waals surface area contributed by atoms with E-state index in [4.69, 9.17) is 0 Å². The maximum absolute atomic E-state index is 12.0. The standard InChI is InChI=1S/C13H12BrN3O/c1-17(12-5-4-11(14)9-16-12)13(18)7-10-3-2-6-15-8-10/h2-6,8-9H,7H2,1H3. The molecular formula is C13H12BrN3O. The van der Waals surface area contributed by atoms with Gasteiger partial charge in [0.05, 0.1) is 6.42 Å². The van der Waals surface area contributed by atoms with Crippen molar-refractivity contribution in [2.75, 3.05) is 11.9 Å². The molecule has 0 aliphatic heterocycles. The molecule has 0 saturated carbocycles. The molecule has 0 aromatic carbocycles. The summed E-state index contributed by atoms with van der Waals surface area (Å²) in [5, 5.41) is 0. The Kier molecular flexibility index (Phi) is 4.04. The van der Waals surface area contributed by atoms with Gasteiger partial charge in [0.2, 0.25) is 5.91 Å². The number of hydrogen-bond donors (Lipinski definition) is 0. The van der Waals surface area contributed by atoms with Crippen molar-refractivity contribution >= 4 is 27.7 Å². The van der Waals surface area contributed by atoms with Crippen LogP contribution in [0.1, 0.15) is 5.56 Å². The molecule has 2 aromatic heterocycles. The zero-order valence-electron chi connectivity index (χ0n) is 9.88. The molecule has 0 spiro atoms. The summed E-state index contributed by atoms with van der Waals surface area (Å²) in [6, 6.07) is 7.36. The first-order valence-corrected chi connectivity index (χ1v) is 6.23. The van der Waals surface area contributed by atoms with Crippen molar-refractivity contribution in [3.05, 3.63) is 52.9 Å². The summed E-state index contributed by atoms with van der Waals surface area (Å²) in [6.45, 7) is 0. The predicted molar refractivity (Wildman–Crippen MR) is 73.3 cm³/mol. The van der Waals surface area contributed by atoms with Gasteiger partial charge in [-0.25, -0.2) is 4.98 Å². The monoisotopic (exact) mass is 305 g/mol. The molecule has 0 unspecified atom stereocenters. The summed E-state index contributed by atoms with van der Waals surface area (Å²) >= 11 is 3.31. The fraction of sp³-hybridized carbons (Fsp3) is 0.154. The van der Waals surface area contributed by atoms with E-state index >= 15 is 0 Å². The van der Waals surface area contributed by atoms with Gasteiger partial charge >= 0.3 is 0 Å². The molecule has 2 rings (SSSR count). The van der Waals surface area contributed by atoms with E-state index in [1.807, 2.05) is 18.2 Å². The molecule has 0 aliphatic rings. The average molecular weight is 306 g/mol. The van der Waals surface area contributed by atoms with Crippen LogP contribution in [-0.4, -0.2) is 22.9 Å². The summed E-state index contributed by atoms with van der Waals surface area (Å²) < 4.78 is 0.888. The Labute approximate surface area is 114 Å². The molecule has 92 valence electrons. The molecule has 0 radical (unpaired) electrons. The zero-order valence-corrected chi connectivity index (χ0v) is 11.5. The molecule has 4 nitrogen and oxygen atoms in total. The van der Waals surface area contributed by atoms with Crippen molar-refractivity contribution in [3.63, 3.8) is 0 Å². The van der Waals surface area contributed by atoms with E-state index in [1.165, 1.54) is 0 Å². The zero-order chi connectivity index (χ0) is 13.0. The van der Waals surface area contributed by atoms with Gasteiger partial charge in [-0.1, -0.05) is 6.07 Å². The number of anilines is 1. The van der Waals surface area contributed by atoms with Crippen LogP contribution in [0.2, 0.25) is 0 Å². The molecule has 0 aliphatic carbocycles. The van der Waals surface area contributed by atoms with Gasteiger partial charge in [0.1, 0.15) is 5.82 Å². The second kappa shape index (κ2) is 5.73. The summed E-state index contributed by atoms with van der Waals surface area (Å²) in [4.78, 5) is 21.8. The second-order valence-corrected chi connectivity index (χ2v) is 4.74. The Bertz CT molecular complexity index is 528. The molecular weight excluding hydrogens is 294 g/mol. The Morgan fingerprint density at radius 3 is 2.78 bits per heavy atom. The van der Waals surface area contributed by atoms with Crippen LogP contribution in [0, 0.1) is 0 Å². The Hall–Kier alpha value is -1.75. The lowest BCUT2D eigenvalue weighted by Crippen LogP contribution is -2.28. The van der Waals surface area contributed by atoms with E-state index in [0.717, 1.165) is 10.0 Å². The fourth-order valence-electron chi connectivity index (χ4n) is 1.49. The van der Waals surface area contributed by atoms with Crippen LogP contribution in [0.5, 0.6) is 0 Å². The molecule has 0 bridgehead atoms. The molecule has 0 fully saturated rings. The first-order valence-electron chi connectivity index (χ1n) is 5.44. The van der Waals surface area contributed by atoms with Gasteiger partial charge in [0, 0.05) is 30.1 Å². The van der Waals surface area contributed by atoms with Crippen LogP contribution >= 0.6 is 15.9 Å². The number of hydrogen-bond acceptors (Lipinski definition) is 3. The number of carbonyl (C=O) groups excluding carboxylic acids is 1. The summed E-state index contributed by atoms with van der Waals surface area (Å²) in [5.41, 5.74) is 0.895. The number of halogens is 1. The van der Waals surface area contributed by atoms with Crippen LogP contribution in [0.3, 0.4) is 0 Å². The van der Waals surface area contributed by atoms with Gasteiger partial charge in [0.15, 0.2) is 0 Å². The van der Waals surface area contributed by atoms with Gasteiger partial charge in [-0.2, -0.15) is 0 Å². The first kappa shape index (κ1) is 12.7. The predicted octanol–water partition coefficient (Wildman–Crippen LogP) is 2.44. The van der Waals surface area contributed by atoms with Crippen molar-refractivity contribution < 1.29 is 4.79 Å². The van der Waals surface area contributed by atoms with Crippen LogP contribution in [0.15, 0.2) is 47.3 Å². The molecule has 0 saturated heterocycles. The minimum Gasteiger partial charge on any atom is -0.300 e. The number of likely N-dealkylation sites (N-methyl/N-ethyl adjacent to an activating group) is 1. The lowest BCUT2D eigenvalue weighted by atomic mass is 10.2. The second-order valence-electron chi connectivity index (χ2n) is 3.83. The molecule has 2 heterocycles. The highest BCUT2D eigenvalue weighted by atomic mass is 79.9. The third-order valence-electron chi connectivity index (χ3n) is 2.51. The highest BCUT2D eigenvalue weighted by Crippen LogP contribution is 2.14. The van der Waals surface area contributed by atoms with Gasteiger partial charge in [-0.15, -0.1) is 0 Å². The quantitative estimate of drug-likeness (QED) is 0.875. The molecule has 0 atom stereocenters. The number of pyridine rings is 2. The van der Waals surface area contributed by atoms with Gasteiger partial charge in [0.25, 0.3) is 0 Å². The number of amides is 1. The average Bonchev–Trinajstić information content (AvgIpc) is 2.40. The highest BCUT2D eigenvalue weighted by molar-refractivity contribution is 9.10. The highest BCUT2D eigenvalue weighted by Gasteiger charge is 2.12. The smallest absolute Gasteiger partial charge is 0.232 e. The number of nitrogens with zero attached hydrogens (tertiary/aromatic N) is 3. The molecule has 0 N–H and O–H groups in total. The topological polar surface area (TPSA) is 46.1 Å². The van der Waals surface area contributed by atoms with Crippen LogP contribution < -0.4 is 4.90 Å². The van der Waals surface area contributed by atoms with E-state index in [1.54, 1.807) is 36.6 Å². The first-order chi connectivity index (χ1) is 8.66. The molecule has 18 heavy (non-hydrogen) atoms. The van der Waals surface area contributed by atoms with Crippen LogP contribution in [0.25, 0.3) is 0 Å². The Balaban J connectivity index is 2.07. The van der Waals surface area contributed by atoms with E-state index in [2.05, 4.69) is 25.9 Å². The Morgan fingerprint density at radius 1 is 1.33 bits per heavy atom. The molecule has 2 aromatic rings. The molecule has 1 amide bonds.